The van der Waals surface area contributed by atoms with E-state index in [1.807, 2.05) is 31.2 Å². The molecule has 1 N–H and O–H groups in total. The predicted octanol–water partition coefficient (Wildman–Crippen LogP) is 2.55. The molecule has 20 heavy (non-hydrogen) atoms. The number of aromatic nitrogens is 3. The Hall–Kier alpha value is -2.17. The van der Waals surface area contributed by atoms with Crippen LogP contribution in [0.2, 0.25) is 0 Å². The second-order valence-corrected chi connectivity index (χ2v) is 4.79. The maximum Gasteiger partial charge on any atom is 0.303 e. The molecular formula is C15H19N3O2. The van der Waals surface area contributed by atoms with Gasteiger partial charge in [0.05, 0.1) is 17.1 Å². The number of hydrogen-bond acceptors (Lipinski definition) is 3. The highest BCUT2D eigenvalue weighted by Gasteiger charge is 2.06. The number of benzene rings is 1. The fourth-order valence-corrected chi connectivity index (χ4v) is 2.09. The largest absolute Gasteiger partial charge is 0.481 e. The van der Waals surface area contributed by atoms with Gasteiger partial charge in [-0.2, -0.15) is 15.0 Å². The standard InChI is InChI=1S/C15H19N3O2/c1-3-14-11(2)16-18(17-14)13-9-7-12(8-10-13)5-4-6-15(19)20/h7-10H,3-6H2,1-2H3,(H,19,20). The lowest BCUT2D eigenvalue weighted by molar-refractivity contribution is -0.137. The molecule has 0 aliphatic rings. The lowest BCUT2D eigenvalue weighted by Crippen LogP contribution is -2.00. The second-order valence-electron chi connectivity index (χ2n) is 4.79. The molecule has 2 rings (SSSR count). The summed E-state index contributed by atoms with van der Waals surface area (Å²) in [6, 6.07) is 7.94. The third-order valence-electron chi connectivity index (χ3n) is 3.24. The van der Waals surface area contributed by atoms with Gasteiger partial charge >= 0.3 is 5.97 Å². The third-order valence-corrected chi connectivity index (χ3v) is 3.24. The van der Waals surface area contributed by atoms with Crippen LogP contribution in [0.5, 0.6) is 0 Å². The average Bonchev–Trinajstić information content (AvgIpc) is 2.80. The molecule has 0 saturated heterocycles. The van der Waals surface area contributed by atoms with Crippen molar-refractivity contribution < 1.29 is 9.90 Å². The molecule has 0 aliphatic heterocycles. The normalized spacial score (nSPS) is 10.7. The second kappa shape index (κ2) is 6.32. The number of nitrogens with zero attached hydrogens (tertiary/aromatic N) is 3. The quantitative estimate of drug-likeness (QED) is 0.878. The van der Waals surface area contributed by atoms with Gasteiger partial charge in [0.25, 0.3) is 0 Å². The highest BCUT2D eigenvalue weighted by molar-refractivity contribution is 5.66. The van der Waals surface area contributed by atoms with E-state index in [4.69, 9.17) is 5.11 Å². The molecular weight excluding hydrogens is 254 g/mol. The van der Waals surface area contributed by atoms with Crippen molar-refractivity contribution in [3.8, 4) is 5.69 Å². The molecule has 5 nitrogen and oxygen atoms in total. The summed E-state index contributed by atoms with van der Waals surface area (Å²) in [6.07, 6.45) is 2.52. The Morgan fingerprint density at radius 2 is 1.95 bits per heavy atom. The summed E-state index contributed by atoms with van der Waals surface area (Å²) in [5.41, 5.74) is 4.03. The van der Waals surface area contributed by atoms with Crippen LogP contribution in [0, 0.1) is 6.92 Å². The molecule has 0 bridgehead atoms. The first-order valence-corrected chi connectivity index (χ1v) is 6.84. The van der Waals surface area contributed by atoms with Crippen molar-refractivity contribution >= 4 is 5.97 Å². The topological polar surface area (TPSA) is 68.0 Å². The van der Waals surface area contributed by atoms with E-state index in [9.17, 15) is 4.79 Å². The van der Waals surface area contributed by atoms with Crippen LogP contribution in [0.3, 0.4) is 0 Å². The Balaban J connectivity index is 2.05. The third kappa shape index (κ3) is 3.44. The molecule has 0 atom stereocenters. The lowest BCUT2D eigenvalue weighted by Gasteiger charge is -2.03. The summed E-state index contributed by atoms with van der Waals surface area (Å²) in [5, 5.41) is 17.5. The number of carboxylic acids is 1. The summed E-state index contributed by atoms with van der Waals surface area (Å²) < 4.78 is 0. The molecule has 0 radical (unpaired) electrons. The summed E-state index contributed by atoms with van der Waals surface area (Å²) in [7, 11) is 0. The van der Waals surface area contributed by atoms with E-state index in [-0.39, 0.29) is 6.42 Å². The van der Waals surface area contributed by atoms with Gasteiger partial charge in [-0.15, -0.1) is 0 Å². The van der Waals surface area contributed by atoms with E-state index in [1.54, 1.807) is 4.80 Å². The van der Waals surface area contributed by atoms with Crippen LogP contribution in [0.4, 0.5) is 0 Å². The van der Waals surface area contributed by atoms with Crippen LogP contribution in [0.25, 0.3) is 5.69 Å². The Kier molecular flexibility index (Phi) is 4.50. The molecule has 106 valence electrons. The van der Waals surface area contributed by atoms with Crippen LogP contribution in [-0.2, 0) is 17.6 Å². The van der Waals surface area contributed by atoms with Crippen LogP contribution >= 0.6 is 0 Å². The Morgan fingerprint density at radius 1 is 1.25 bits per heavy atom. The maximum absolute atomic E-state index is 10.5. The van der Waals surface area contributed by atoms with Gasteiger partial charge in [-0.1, -0.05) is 19.1 Å². The average molecular weight is 273 g/mol. The zero-order chi connectivity index (χ0) is 14.5. The first-order chi connectivity index (χ1) is 9.60. The molecule has 0 unspecified atom stereocenters. The van der Waals surface area contributed by atoms with Gasteiger partial charge in [0.2, 0.25) is 0 Å². The number of aryl methyl sites for hydroxylation is 3. The van der Waals surface area contributed by atoms with Crippen LogP contribution in [0.1, 0.15) is 36.7 Å². The van der Waals surface area contributed by atoms with Crippen molar-refractivity contribution in [3.63, 3.8) is 0 Å². The van der Waals surface area contributed by atoms with Crippen LogP contribution in [-0.4, -0.2) is 26.1 Å². The van der Waals surface area contributed by atoms with Gasteiger partial charge < -0.3 is 5.11 Å². The van der Waals surface area contributed by atoms with Gasteiger partial charge in [-0.05, 0) is 43.9 Å². The fraction of sp³-hybridized carbons (Fsp3) is 0.400. The Bertz CT molecular complexity index is 588. The first kappa shape index (κ1) is 14.2. The van der Waals surface area contributed by atoms with Crippen LogP contribution in [0.15, 0.2) is 24.3 Å². The first-order valence-electron chi connectivity index (χ1n) is 6.84. The molecule has 0 saturated carbocycles. The van der Waals surface area contributed by atoms with E-state index < -0.39 is 5.97 Å². The van der Waals surface area contributed by atoms with E-state index in [0.29, 0.717) is 6.42 Å². The van der Waals surface area contributed by atoms with Gasteiger partial charge in [0, 0.05) is 6.42 Å². The number of hydrogen-bond donors (Lipinski definition) is 1. The van der Waals surface area contributed by atoms with Crippen molar-refractivity contribution in [2.24, 2.45) is 0 Å². The van der Waals surface area contributed by atoms with Crippen molar-refractivity contribution in [3.05, 3.63) is 41.2 Å². The summed E-state index contributed by atoms with van der Waals surface area (Å²) in [6.45, 7) is 4.02. The molecule has 0 spiro atoms. The van der Waals surface area contributed by atoms with E-state index in [0.717, 1.165) is 35.5 Å². The fourth-order valence-electron chi connectivity index (χ4n) is 2.09. The molecule has 0 amide bonds. The highest BCUT2D eigenvalue weighted by atomic mass is 16.4. The molecule has 1 aromatic heterocycles. The minimum atomic E-state index is -0.745. The SMILES string of the molecule is CCc1nn(-c2ccc(CCCC(=O)O)cc2)nc1C. The monoisotopic (exact) mass is 273 g/mol. The summed E-state index contributed by atoms with van der Waals surface area (Å²) >= 11 is 0. The zero-order valence-electron chi connectivity index (χ0n) is 11.8. The van der Waals surface area contributed by atoms with Crippen molar-refractivity contribution in [1.82, 2.24) is 15.0 Å². The van der Waals surface area contributed by atoms with E-state index in [1.165, 1.54) is 0 Å². The van der Waals surface area contributed by atoms with E-state index in [2.05, 4.69) is 17.1 Å². The van der Waals surface area contributed by atoms with Gasteiger partial charge in [-0.25, -0.2) is 0 Å². The Labute approximate surface area is 118 Å². The van der Waals surface area contributed by atoms with E-state index >= 15 is 0 Å². The van der Waals surface area contributed by atoms with Crippen molar-refractivity contribution in [2.75, 3.05) is 0 Å². The number of carbonyl (C=O) groups is 1. The molecule has 1 heterocycles. The van der Waals surface area contributed by atoms with Crippen molar-refractivity contribution in [1.29, 1.82) is 0 Å². The van der Waals surface area contributed by atoms with Gasteiger partial charge in [-0.3, -0.25) is 4.79 Å². The van der Waals surface area contributed by atoms with Crippen molar-refractivity contribution in [2.45, 2.75) is 39.5 Å². The minimum Gasteiger partial charge on any atom is -0.481 e. The molecule has 5 heteroatoms. The smallest absolute Gasteiger partial charge is 0.303 e. The zero-order valence-corrected chi connectivity index (χ0v) is 11.8. The molecule has 0 fully saturated rings. The van der Waals surface area contributed by atoms with Gasteiger partial charge in [0.15, 0.2) is 0 Å². The number of aliphatic carboxylic acids is 1. The van der Waals surface area contributed by atoms with Gasteiger partial charge in [0.1, 0.15) is 0 Å². The van der Waals surface area contributed by atoms with Crippen LogP contribution < -0.4 is 0 Å². The minimum absolute atomic E-state index is 0.210. The molecule has 0 aliphatic carbocycles. The summed E-state index contributed by atoms with van der Waals surface area (Å²) in [4.78, 5) is 12.1. The lowest BCUT2D eigenvalue weighted by atomic mass is 10.1. The number of rotatable bonds is 6. The highest BCUT2D eigenvalue weighted by Crippen LogP contribution is 2.12. The molecule has 1 aromatic carbocycles. The molecule has 2 aromatic rings. The maximum atomic E-state index is 10.5. The predicted molar refractivity (Wildman–Crippen MR) is 76.0 cm³/mol. The number of carboxylic acid groups (broad SMARTS) is 1. The summed E-state index contributed by atoms with van der Waals surface area (Å²) in [5.74, 6) is -0.745. The Morgan fingerprint density at radius 3 is 2.50 bits per heavy atom.